The van der Waals surface area contributed by atoms with Crippen molar-refractivity contribution in [1.29, 1.82) is 0 Å². The Morgan fingerprint density at radius 3 is 2.61 bits per heavy atom. The third kappa shape index (κ3) is 4.42. The van der Waals surface area contributed by atoms with Crippen molar-refractivity contribution >= 4 is 28.6 Å². The molecule has 2 aromatic rings. The van der Waals surface area contributed by atoms with E-state index in [1.165, 1.54) is 11.3 Å². The van der Waals surface area contributed by atoms with Crippen molar-refractivity contribution in [3.8, 4) is 0 Å². The number of rotatable bonds is 5. The third-order valence-corrected chi connectivity index (χ3v) is 7.31. The molecule has 3 saturated heterocycles. The Morgan fingerprint density at radius 1 is 1.10 bits per heavy atom. The molecule has 1 amide bonds. The van der Waals surface area contributed by atoms with Crippen molar-refractivity contribution in [3.63, 3.8) is 0 Å². The van der Waals surface area contributed by atoms with Gasteiger partial charge in [-0.05, 0) is 53.2 Å². The summed E-state index contributed by atoms with van der Waals surface area (Å²) in [7, 11) is 0. The zero-order valence-electron chi connectivity index (χ0n) is 17.8. The van der Waals surface area contributed by atoms with Gasteiger partial charge >= 0.3 is 0 Å². The zero-order valence-corrected chi connectivity index (χ0v) is 18.6. The minimum Gasteiger partial charge on any atom is -0.369 e. The highest BCUT2D eigenvalue weighted by Crippen LogP contribution is 2.27. The Bertz CT molecular complexity index is 866. The van der Waals surface area contributed by atoms with E-state index in [2.05, 4.69) is 84.6 Å². The molecule has 31 heavy (non-hydrogen) atoms. The first-order chi connectivity index (χ1) is 15.2. The lowest BCUT2D eigenvalue weighted by Crippen LogP contribution is -2.71. The molecule has 4 heterocycles. The van der Waals surface area contributed by atoms with E-state index in [0.717, 1.165) is 38.4 Å². The second-order valence-electron chi connectivity index (χ2n) is 8.42. The van der Waals surface area contributed by atoms with Crippen molar-refractivity contribution in [1.82, 2.24) is 26.4 Å². The summed E-state index contributed by atoms with van der Waals surface area (Å²) < 4.78 is 0. The lowest BCUT2D eigenvalue weighted by atomic mass is 9.90. The van der Waals surface area contributed by atoms with Crippen molar-refractivity contribution in [2.45, 2.75) is 25.3 Å². The third-order valence-electron chi connectivity index (χ3n) is 6.61. The Labute approximate surface area is 187 Å². The SMILES string of the molecule is CCN1CCN(c2ccc(NC3NC(c4ccsc4)NC4CNNC(=O)C43)cc2)CC1. The average Bonchev–Trinajstić information content (AvgIpc) is 3.35. The quantitative estimate of drug-likeness (QED) is 0.476. The number of carbonyl (C=O) groups excluding carboxylic acids is 1. The van der Waals surface area contributed by atoms with Gasteiger partial charge in [-0.1, -0.05) is 6.92 Å². The van der Waals surface area contributed by atoms with Crippen molar-refractivity contribution in [2.75, 3.05) is 49.5 Å². The first-order valence-electron chi connectivity index (χ1n) is 11.1. The molecule has 3 aliphatic rings. The minimum atomic E-state index is -0.210. The van der Waals surface area contributed by atoms with Gasteiger partial charge in [-0.15, -0.1) is 0 Å². The fourth-order valence-corrected chi connectivity index (χ4v) is 5.45. The summed E-state index contributed by atoms with van der Waals surface area (Å²) in [4.78, 5) is 17.6. The number of fused-ring (bicyclic) bond motifs is 1. The van der Waals surface area contributed by atoms with Crippen molar-refractivity contribution in [3.05, 3.63) is 46.7 Å². The number of hydrogen-bond acceptors (Lipinski definition) is 8. The highest BCUT2D eigenvalue weighted by molar-refractivity contribution is 7.07. The highest BCUT2D eigenvalue weighted by Gasteiger charge is 2.44. The van der Waals surface area contributed by atoms with Crippen LogP contribution >= 0.6 is 11.3 Å². The Kier molecular flexibility index (Phi) is 6.10. The molecule has 3 fully saturated rings. The van der Waals surface area contributed by atoms with Gasteiger partial charge in [0.05, 0.1) is 18.2 Å². The molecule has 3 aliphatic heterocycles. The van der Waals surface area contributed by atoms with E-state index in [1.807, 2.05) is 0 Å². The molecule has 5 rings (SSSR count). The van der Waals surface area contributed by atoms with Gasteiger partial charge in [-0.2, -0.15) is 11.3 Å². The van der Waals surface area contributed by atoms with Gasteiger partial charge in [0.15, 0.2) is 0 Å². The largest absolute Gasteiger partial charge is 0.369 e. The molecule has 166 valence electrons. The molecular formula is C22H31N7OS. The van der Waals surface area contributed by atoms with E-state index in [0.29, 0.717) is 6.54 Å². The maximum absolute atomic E-state index is 12.6. The van der Waals surface area contributed by atoms with Gasteiger partial charge < -0.3 is 15.1 Å². The number of thiophene rings is 1. The van der Waals surface area contributed by atoms with E-state index >= 15 is 0 Å². The molecular weight excluding hydrogens is 410 g/mol. The van der Waals surface area contributed by atoms with Gasteiger partial charge in [0, 0.05) is 50.1 Å². The van der Waals surface area contributed by atoms with Crippen LogP contribution in [0.3, 0.4) is 0 Å². The van der Waals surface area contributed by atoms with Gasteiger partial charge in [-0.25, -0.2) is 5.43 Å². The summed E-state index contributed by atoms with van der Waals surface area (Å²) in [6.07, 6.45) is -0.163. The van der Waals surface area contributed by atoms with Crippen LogP contribution in [0, 0.1) is 5.92 Å². The van der Waals surface area contributed by atoms with E-state index < -0.39 is 0 Å². The zero-order chi connectivity index (χ0) is 21.2. The summed E-state index contributed by atoms with van der Waals surface area (Å²) in [5, 5.41) is 15.0. The molecule has 1 aromatic carbocycles. The van der Waals surface area contributed by atoms with Crippen LogP contribution in [-0.4, -0.2) is 62.3 Å². The predicted molar refractivity (Wildman–Crippen MR) is 125 cm³/mol. The first-order valence-corrected chi connectivity index (χ1v) is 12.1. The van der Waals surface area contributed by atoms with E-state index in [1.54, 1.807) is 11.3 Å². The summed E-state index contributed by atoms with van der Waals surface area (Å²) in [6.45, 7) is 8.40. The molecule has 0 spiro atoms. The van der Waals surface area contributed by atoms with Crippen LogP contribution in [0.25, 0.3) is 0 Å². The van der Waals surface area contributed by atoms with Gasteiger partial charge in [0.25, 0.3) is 0 Å². The average molecular weight is 442 g/mol. The molecule has 5 N–H and O–H groups in total. The van der Waals surface area contributed by atoms with Crippen LogP contribution in [0.5, 0.6) is 0 Å². The fraction of sp³-hybridized carbons (Fsp3) is 0.500. The topological polar surface area (TPSA) is 83.7 Å². The van der Waals surface area contributed by atoms with E-state index in [9.17, 15) is 4.79 Å². The van der Waals surface area contributed by atoms with Crippen LogP contribution in [0.4, 0.5) is 11.4 Å². The number of hydrazine groups is 1. The molecule has 0 bridgehead atoms. The lowest BCUT2D eigenvalue weighted by Gasteiger charge is -2.45. The highest BCUT2D eigenvalue weighted by atomic mass is 32.1. The molecule has 0 radical (unpaired) electrons. The number of nitrogens with one attached hydrogen (secondary N) is 5. The predicted octanol–water partition coefficient (Wildman–Crippen LogP) is 1.14. The minimum absolute atomic E-state index is 0.00272. The number of nitrogens with zero attached hydrogens (tertiary/aromatic N) is 2. The second-order valence-corrected chi connectivity index (χ2v) is 9.20. The first kappa shape index (κ1) is 20.7. The molecule has 0 saturated carbocycles. The molecule has 4 unspecified atom stereocenters. The standard InChI is InChI=1S/C22H31N7OS/c1-2-28-8-10-29(11-9-28)17-5-3-16(4-6-17)24-21-19-18(13-23-27-22(19)30)25-20(26-21)15-7-12-31-14-15/h3-7,12,14,18-21,23-26H,2,8-11,13H2,1H3,(H,27,30). The Balaban J connectivity index is 1.29. The van der Waals surface area contributed by atoms with Gasteiger partial charge in [-0.3, -0.25) is 20.9 Å². The molecule has 0 aliphatic carbocycles. The van der Waals surface area contributed by atoms with E-state index in [4.69, 9.17) is 0 Å². The van der Waals surface area contributed by atoms with Crippen molar-refractivity contribution in [2.24, 2.45) is 5.92 Å². The maximum atomic E-state index is 12.6. The maximum Gasteiger partial charge on any atom is 0.242 e. The number of likely N-dealkylation sites (N-methyl/N-ethyl adjacent to an activating group) is 1. The summed E-state index contributed by atoms with van der Waals surface area (Å²) >= 11 is 1.68. The van der Waals surface area contributed by atoms with Crippen LogP contribution in [0.2, 0.25) is 0 Å². The number of carbonyl (C=O) groups is 1. The number of piperazine rings is 1. The van der Waals surface area contributed by atoms with Crippen LogP contribution < -0.4 is 31.7 Å². The number of hydrogen-bond donors (Lipinski definition) is 5. The van der Waals surface area contributed by atoms with Gasteiger partial charge in [0.2, 0.25) is 5.91 Å². The monoisotopic (exact) mass is 441 g/mol. The summed E-state index contributed by atoms with van der Waals surface area (Å²) in [6, 6.07) is 10.8. The van der Waals surface area contributed by atoms with Crippen molar-refractivity contribution < 1.29 is 4.79 Å². The second kappa shape index (κ2) is 9.13. The lowest BCUT2D eigenvalue weighted by molar-refractivity contribution is -0.131. The summed E-state index contributed by atoms with van der Waals surface area (Å²) in [5.41, 5.74) is 9.27. The van der Waals surface area contributed by atoms with Crippen LogP contribution in [0.1, 0.15) is 18.7 Å². The Hall–Kier alpha value is -2.17. The normalized spacial score (nSPS) is 29.3. The molecule has 8 nitrogen and oxygen atoms in total. The molecule has 1 aromatic heterocycles. The number of amides is 1. The fourth-order valence-electron chi connectivity index (χ4n) is 4.77. The van der Waals surface area contributed by atoms with Crippen LogP contribution in [-0.2, 0) is 4.79 Å². The number of anilines is 2. The molecule has 4 atom stereocenters. The molecule has 9 heteroatoms. The Morgan fingerprint density at radius 2 is 1.90 bits per heavy atom. The van der Waals surface area contributed by atoms with E-state index in [-0.39, 0.29) is 30.2 Å². The smallest absolute Gasteiger partial charge is 0.242 e. The van der Waals surface area contributed by atoms with Crippen LogP contribution in [0.15, 0.2) is 41.1 Å². The summed E-state index contributed by atoms with van der Waals surface area (Å²) in [5.74, 6) is -0.208. The van der Waals surface area contributed by atoms with Gasteiger partial charge in [0.1, 0.15) is 0 Å². The number of benzene rings is 1.